The normalized spacial score (nSPS) is 11.1. The highest BCUT2D eigenvalue weighted by atomic mass is 16.3. The van der Waals surface area contributed by atoms with Gasteiger partial charge in [-0.25, -0.2) is 29.3 Å². The summed E-state index contributed by atoms with van der Waals surface area (Å²) in [4.78, 5) is 90.2. The number of fused-ring (bicyclic) bond motifs is 3. The van der Waals surface area contributed by atoms with E-state index in [0.717, 1.165) is 24.8 Å². The van der Waals surface area contributed by atoms with Crippen LogP contribution in [0.25, 0.3) is 33.5 Å². The van der Waals surface area contributed by atoms with E-state index >= 15 is 0 Å². The molecule has 0 radical (unpaired) electrons. The molecule has 0 saturated heterocycles. The number of nitrogens with zero attached hydrogens (tertiary/aromatic N) is 12. The molecule has 12 rings (SSSR count). The average Bonchev–Trinajstić information content (AvgIpc) is 1.72. The van der Waals surface area contributed by atoms with E-state index in [2.05, 4.69) is 15.0 Å². The lowest BCUT2D eigenvalue weighted by Gasteiger charge is -2.13. The third kappa shape index (κ3) is 12.5. The highest BCUT2D eigenvalue weighted by Gasteiger charge is 2.22. The van der Waals surface area contributed by atoms with Gasteiger partial charge in [-0.15, -0.1) is 0 Å². The number of aromatic hydroxyl groups is 11. The summed E-state index contributed by atoms with van der Waals surface area (Å²) in [5.41, 5.74) is 2.03. The van der Waals surface area contributed by atoms with Crippen LogP contribution in [0, 0.1) is 6.92 Å². The Morgan fingerprint density at radius 2 is 0.626 bits per heavy atom. The molecule has 29 nitrogen and oxygen atoms in total. The summed E-state index contributed by atoms with van der Waals surface area (Å²) < 4.78 is 11.6. The fraction of sp³-hybridized carbons (Fsp3) is 0.177. The Morgan fingerprint density at radius 1 is 0.319 bits per heavy atom. The zero-order valence-electron chi connectivity index (χ0n) is 48.1. The van der Waals surface area contributed by atoms with E-state index in [1.165, 1.54) is 124 Å². The molecular formula is C62H60N12O17. The smallest absolute Gasteiger partial charge is 0.333 e. The molecule has 0 saturated carbocycles. The standard InChI is InChI=1S/C21H20N4O5.2C20H18N4O6.CH4/c1-12-3-4-13(7-16(12)27)9-24-11-22-19-18(24)20(29)25(21(30)23(19)2)10-14-5-6-15(26)17(28)8-14;1-22-19(29)17-18(21-10-23(17)8-11-2-4-13(25)15(27)6-11)24(20(22)30)9-12-3-5-14(26)16(28)7-12;1-22-10-21-18-17(22)19(29)24(9-12-3-5-14(26)16(28)7-12)20(30)23(18)8-11-2-4-13(25)15(27)6-11;/h3-8,11,26-28H,9-10H2,1-2H3;2*2-7,10,25-28H,8-9H2,1H3;1H4. The molecule has 0 atom stereocenters. The largest absolute Gasteiger partial charge is 0.508 e. The highest BCUT2D eigenvalue weighted by Crippen LogP contribution is 2.30. The van der Waals surface area contributed by atoms with Crippen LogP contribution in [0.3, 0.4) is 0 Å². The first-order valence-corrected chi connectivity index (χ1v) is 27.0. The maximum absolute atomic E-state index is 13.2. The first-order valence-electron chi connectivity index (χ1n) is 27.0. The maximum Gasteiger partial charge on any atom is 0.333 e. The van der Waals surface area contributed by atoms with E-state index in [-0.39, 0.29) is 143 Å². The second kappa shape index (κ2) is 25.1. The third-order valence-electron chi connectivity index (χ3n) is 14.8. The summed E-state index contributed by atoms with van der Waals surface area (Å²) in [5, 5.41) is 106. The molecule has 470 valence electrons. The van der Waals surface area contributed by atoms with Crippen LogP contribution >= 0.6 is 0 Å². The number of phenols is 11. The first-order chi connectivity index (χ1) is 42.8. The number of aryl methyl sites for hydroxylation is 3. The lowest BCUT2D eigenvalue weighted by atomic mass is 10.1. The maximum atomic E-state index is 13.2. The van der Waals surface area contributed by atoms with Crippen LogP contribution in [0.4, 0.5) is 0 Å². The number of aromatic nitrogens is 12. The summed E-state index contributed by atoms with van der Waals surface area (Å²) in [6.07, 6.45) is 4.33. The van der Waals surface area contributed by atoms with Crippen LogP contribution in [-0.4, -0.2) is 112 Å². The molecule has 0 spiro atoms. The van der Waals surface area contributed by atoms with Crippen molar-refractivity contribution in [2.24, 2.45) is 21.1 Å². The second-order valence-corrected chi connectivity index (χ2v) is 21.1. The van der Waals surface area contributed by atoms with Crippen molar-refractivity contribution < 1.29 is 56.2 Å². The van der Waals surface area contributed by atoms with Gasteiger partial charge in [0.05, 0.1) is 45.2 Å². The topological polar surface area (TPSA) is 408 Å². The number of hydrogen-bond acceptors (Lipinski definition) is 20. The number of hydrogen-bond donors (Lipinski definition) is 11. The molecule has 0 bridgehead atoms. The van der Waals surface area contributed by atoms with Gasteiger partial charge in [0.15, 0.2) is 91.0 Å². The van der Waals surface area contributed by atoms with E-state index in [1.807, 2.05) is 6.07 Å². The van der Waals surface area contributed by atoms with Gasteiger partial charge in [-0.05, 0) is 113 Å². The van der Waals surface area contributed by atoms with Gasteiger partial charge < -0.3 is 69.9 Å². The van der Waals surface area contributed by atoms with Crippen molar-refractivity contribution in [3.63, 3.8) is 0 Å². The summed E-state index contributed by atoms with van der Waals surface area (Å²) in [5.74, 6) is -2.87. The minimum absolute atomic E-state index is 0. The van der Waals surface area contributed by atoms with E-state index < -0.39 is 33.7 Å². The van der Waals surface area contributed by atoms with Crippen molar-refractivity contribution in [3.05, 3.63) is 230 Å². The minimum atomic E-state index is -0.633. The fourth-order valence-electron chi connectivity index (χ4n) is 9.96. The fourth-order valence-corrected chi connectivity index (χ4v) is 9.96. The van der Waals surface area contributed by atoms with Crippen molar-refractivity contribution >= 4 is 33.5 Å². The van der Waals surface area contributed by atoms with Crippen LogP contribution in [0.5, 0.6) is 63.2 Å². The van der Waals surface area contributed by atoms with Crippen molar-refractivity contribution in [2.75, 3.05) is 0 Å². The van der Waals surface area contributed by atoms with Crippen LogP contribution in [-0.2, 0) is 60.4 Å². The zero-order valence-corrected chi connectivity index (χ0v) is 48.1. The molecular weight excluding hydrogens is 1180 g/mol. The van der Waals surface area contributed by atoms with Crippen LogP contribution in [0.2, 0.25) is 0 Å². The summed E-state index contributed by atoms with van der Waals surface area (Å²) in [6.45, 7) is 2.08. The minimum Gasteiger partial charge on any atom is -0.508 e. The molecule has 6 heterocycles. The molecule has 0 aliphatic carbocycles. The highest BCUT2D eigenvalue weighted by molar-refractivity contribution is 5.72. The lowest BCUT2D eigenvalue weighted by Crippen LogP contribution is -2.41. The predicted octanol–water partition coefficient (Wildman–Crippen LogP) is 3.69. The van der Waals surface area contributed by atoms with Gasteiger partial charge >= 0.3 is 17.1 Å². The Kier molecular flexibility index (Phi) is 17.4. The van der Waals surface area contributed by atoms with Crippen LogP contribution < -0.4 is 33.7 Å². The van der Waals surface area contributed by atoms with Gasteiger partial charge in [-0.1, -0.05) is 49.9 Å². The van der Waals surface area contributed by atoms with Crippen LogP contribution in [0.1, 0.15) is 46.4 Å². The van der Waals surface area contributed by atoms with Gasteiger partial charge in [0.2, 0.25) is 0 Å². The summed E-state index contributed by atoms with van der Waals surface area (Å²) in [6, 6.07) is 26.1. The Labute approximate surface area is 511 Å². The third-order valence-corrected chi connectivity index (χ3v) is 14.8. The molecule has 11 N–H and O–H groups in total. The van der Waals surface area contributed by atoms with Crippen molar-refractivity contribution in [3.8, 4) is 63.2 Å². The van der Waals surface area contributed by atoms with Crippen molar-refractivity contribution in [1.29, 1.82) is 0 Å². The summed E-state index contributed by atoms with van der Waals surface area (Å²) in [7, 11) is 4.53. The van der Waals surface area contributed by atoms with E-state index in [1.54, 1.807) is 53.4 Å². The predicted molar refractivity (Wildman–Crippen MR) is 331 cm³/mol. The number of imidazole rings is 3. The van der Waals surface area contributed by atoms with Crippen LogP contribution in [0.15, 0.2) is 157 Å². The van der Waals surface area contributed by atoms with E-state index in [0.29, 0.717) is 27.8 Å². The van der Waals surface area contributed by atoms with Gasteiger partial charge in [0.25, 0.3) is 16.7 Å². The van der Waals surface area contributed by atoms with E-state index in [9.17, 15) is 84.9 Å². The molecule has 6 aromatic heterocycles. The Hall–Kier alpha value is -12.4. The summed E-state index contributed by atoms with van der Waals surface area (Å²) >= 11 is 0. The van der Waals surface area contributed by atoms with Gasteiger partial charge in [0.1, 0.15) is 5.75 Å². The van der Waals surface area contributed by atoms with Gasteiger partial charge in [0, 0.05) is 34.2 Å². The average molecular weight is 1250 g/mol. The lowest BCUT2D eigenvalue weighted by molar-refractivity contribution is 0.402. The van der Waals surface area contributed by atoms with Gasteiger partial charge in [-0.3, -0.25) is 41.8 Å². The molecule has 29 heteroatoms. The molecule has 0 aliphatic rings. The van der Waals surface area contributed by atoms with Crippen molar-refractivity contribution in [1.82, 2.24) is 56.1 Å². The van der Waals surface area contributed by atoms with Gasteiger partial charge in [-0.2, -0.15) is 0 Å². The first kappa shape index (κ1) is 63.1. The Morgan fingerprint density at radius 3 is 1.04 bits per heavy atom. The zero-order chi connectivity index (χ0) is 64.7. The number of benzene rings is 6. The number of phenolic OH excluding ortho intramolecular Hbond substituents is 11. The van der Waals surface area contributed by atoms with E-state index in [4.69, 9.17) is 0 Å². The molecule has 91 heavy (non-hydrogen) atoms. The molecule has 0 unspecified atom stereocenters. The monoisotopic (exact) mass is 1240 g/mol. The quantitative estimate of drug-likeness (QED) is 0.0777. The Bertz CT molecular complexity index is 5160. The molecule has 6 aromatic carbocycles. The molecule has 12 aromatic rings. The second-order valence-electron chi connectivity index (χ2n) is 21.1. The Balaban J connectivity index is 0.000000161. The molecule has 0 aliphatic heterocycles. The van der Waals surface area contributed by atoms with Crippen molar-refractivity contribution in [2.45, 2.75) is 53.6 Å². The molecule has 0 fully saturated rings. The number of rotatable bonds is 12. The SMILES string of the molecule is C.Cc1ccc(Cn2cnc3c2c(=O)n(Cc2ccc(O)c(O)c2)c(=O)n3C)cc1O.Cn1c(=O)c2c(ncn2Cc2ccc(O)c(O)c2)n(Cc2ccc(O)c(O)c2)c1=O.Cn1cnc2c1c(=O)n(Cc1ccc(O)c(O)c1)c(=O)n2Cc1ccc(O)c(O)c1. The molecule has 0 amide bonds.